The van der Waals surface area contributed by atoms with Crippen LogP contribution in [0.3, 0.4) is 0 Å². The van der Waals surface area contributed by atoms with Gasteiger partial charge in [-0.25, -0.2) is 0 Å². The number of carbonyl (C=O) groups excluding carboxylic acids is 1. The third-order valence-corrected chi connectivity index (χ3v) is 5.16. The first-order valence-electron chi connectivity index (χ1n) is 7.90. The molecule has 4 rings (SSSR count). The molecule has 7 heteroatoms. The zero-order valence-corrected chi connectivity index (χ0v) is 13.9. The van der Waals surface area contributed by atoms with Gasteiger partial charge in [-0.2, -0.15) is 13.2 Å². The van der Waals surface area contributed by atoms with Gasteiger partial charge in [-0.1, -0.05) is 24.3 Å². The second-order valence-corrected chi connectivity index (χ2v) is 6.81. The van der Waals surface area contributed by atoms with Crippen molar-refractivity contribution < 1.29 is 18.0 Å². The molecule has 2 aromatic carbocycles. The van der Waals surface area contributed by atoms with Gasteiger partial charge in [0.05, 0.1) is 11.1 Å². The van der Waals surface area contributed by atoms with E-state index < -0.39 is 17.2 Å². The number of hydrogen-bond donors (Lipinski definition) is 2. The summed E-state index contributed by atoms with van der Waals surface area (Å²) < 4.78 is 38.7. The van der Waals surface area contributed by atoms with E-state index in [1.165, 1.54) is 17.2 Å². The standard InChI is InChI=1S/C18H15F3N2OS/c19-18(20,21)12-5-6-14-15(9-12)22-17(25)23(16(14)24)13-7-10-3-1-2-4-11(10)8-13/h1-6,9,13,17,22,25H,7-8H2. The van der Waals surface area contributed by atoms with Gasteiger partial charge in [0.15, 0.2) is 0 Å². The van der Waals surface area contributed by atoms with Crippen LogP contribution in [0.15, 0.2) is 42.5 Å². The van der Waals surface area contributed by atoms with E-state index in [4.69, 9.17) is 0 Å². The fourth-order valence-corrected chi connectivity index (χ4v) is 4.02. The second kappa shape index (κ2) is 5.69. The lowest BCUT2D eigenvalue weighted by Crippen LogP contribution is -2.51. The van der Waals surface area contributed by atoms with Crippen molar-refractivity contribution >= 4 is 24.2 Å². The van der Waals surface area contributed by atoms with Crippen molar-refractivity contribution in [1.82, 2.24) is 4.90 Å². The minimum Gasteiger partial charge on any atom is -0.356 e. The Balaban J connectivity index is 1.65. The molecule has 0 radical (unpaired) electrons. The third-order valence-electron chi connectivity index (χ3n) is 4.78. The number of anilines is 1. The maximum Gasteiger partial charge on any atom is 0.416 e. The molecule has 0 fully saturated rings. The van der Waals surface area contributed by atoms with E-state index in [1.807, 2.05) is 24.3 Å². The number of hydrogen-bond acceptors (Lipinski definition) is 3. The third kappa shape index (κ3) is 2.76. The van der Waals surface area contributed by atoms with Gasteiger partial charge in [0.25, 0.3) is 5.91 Å². The molecule has 0 aromatic heterocycles. The largest absolute Gasteiger partial charge is 0.416 e. The van der Waals surface area contributed by atoms with Crippen molar-refractivity contribution in [2.45, 2.75) is 30.6 Å². The van der Waals surface area contributed by atoms with E-state index in [1.54, 1.807) is 4.90 Å². The predicted molar refractivity (Wildman–Crippen MR) is 91.6 cm³/mol. The Kier molecular flexibility index (Phi) is 3.72. The van der Waals surface area contributed by atoms with Gasteiger partial charge >= 0.3 is 6.18 Å². The number of carbonyl (C=O) groups is 1. The maximum atomic E-state index is 12.9. The molecule has 1 amide bonds. The van der Waals surface area contributed by atoms with Gasteiger partial charge in [0.1, 0.15) is 5.50 Å². The number of thiol groups is 1. The summed E-state index contributed by atoms with van der Waals surface area (Å²) in [5.41, 5.74) is 1.36. The van der Waals surface area contributed by atoms with E-state index in [9.17, 15) is 18.0 Å². The molecule has 3 nitrogen and oxygen atoms in total. The molecule has 0 saturated carbocycles. The summed E-state index contributed by atoms with van der Waals surface area (Å²) in [6, 6.07) is 11.1. The highest BCUT2D eigenvalue weighted by atomic mass is 32.1. The van der Waals surface area contributed by atoms with Gasteiger partial charge in [0, 0.05) is 11.7 Å². The van der Waals surface area contributed by atoms with Crippen molar-refractivity contribution in [3.05, 3.63) is 64.7 Å². The Morgan fingerprint density at radius 1 is 1.08 bits per heavy atom. The molecule has 1 atom stereocenters. The second-order valence-electron chi connectivity index (χ2n) is 6.32. The highest BCUT2D eigenvalue weighted by molar-refractivity contribution is 7.81. The van der Waals surface area contributed by atoms with Crippen molar-refractivity contribution in [3.63, 3.8) is 0 Å². The summed E-state index contributed by atoms with van der Waals surface area (Å²) in [6.45, 7) is 0. The van der Waals surface area contributed by atoms with Crippen LogP contribution in [0.1, 0.15) is 27.0 Å². The smallest absolute Gasteiger partial charge is 0.356 e. The molecule has 1 aliphatic carbocycles. The summed E-state index contributed by atoms with van der Waals surface area (Å²) in [7, 11) is 0. The first-order chi connectivity index (χ1) is 11.8. The molecular weight excluding hydrogens is 349 g/mol. The highest BCUT2D eigenvalue weighted by Gasteiger charge is 2.39. The molecule has 1 aliphatic heterocycles. The number of fused-ring (bicyclic) bond motifs is 2. The van der Waals surface area contributed by atoms with E-state index >= 15 is 0 Å². The fourth-order valence-electron chi connectivity index (χ4n) is 3.58. The molecular formula is C18H15F3N2OS. The normalized spacial score (nSPS) is 20.2. The van der Waals surface area contributed by atoms with Gasteiger partial charge in [-0.05, 0) is 42.2 Å². The van der Waals surface area contributed by atoms with E-state index in [-0.39, 0.29) is 23.2 Å². The number of alkyl halides is 3. The van der Waals surface area contributed by atoms with Crippen LogP contribution in [-0.4, -0.2) is 22.3 Å². The SMILES string of the molecule is O=C1c2ccc(C(F)(F)F)cc2NC(S)N1C1Cc2ccccc2C1. The average molecular weight is 364 g/mol. The van der Waals surface area contributed by atoms with Gasteiger partial charge < -0.3 is 10.2 Å². The van der Waals surface area contributed by atoms with E-state index in [2.05, 4.69) is 17.9 Å². The van der Waals surface area contributed by atoms with Gasteiger partial charge in [0.2, 0.25) is 0 Å². The van der Waals surface area contributed by atoms with Crippen LogP contribution in [0.2, 0.25) is 0 Å². The average Bonchev–Trinajstić information content (AvgIpc) is 2.96. The van der Waals surface area contributed by atoms with Crippen molar-refractivity contribution in [2.24, 2.45) is 0 Å². The van der Waals surface area contributed by atoms with Crippen LogP contribution in [0.25, 0.3) is 0 Å². The summed E-state index contributed by atoms with van der Waals surface area (Å²) in [5.74, 6) is -0.291. The minimum atomic E-state index is -4.45. The molecule has 1 heterocycles. The van der Waals surface area contributed by atoms with Crippen molar-refractivity contribution in [1.29, 1.82) is 0 Å². The van der Waals surface area contributed by atoms with Crippen LogP contribution in [0, 0.1) is 0 Å². The lowest BCUT2D eigenvalue weighted by atomic mass is 10.0. The van der Waals surface area contributed by atoms with Crippen LogP contribution >= 0.6 is 12.6 Å². The molecule has 1 N–H and O–H groups in total. The van der Waals surface area contributed by atoms with Crippen molar-refractivity contribution in [2.75, 3.05) is 5.32 Å². The van der Waals surface area contributed by atoms with Crippen LogP contribution in [0.4, 0.5) is 18.9 Å². The minimum absolute atomic E-state index is 0.0599. The zero-order valence-electron chi connectivity index (χ0n) is 13.0. The Labute approximate surface area is 148 Å². The summed E-state index contributed by atoms with van der Waals surface area (Å²) in [6.07, 6.45) is -3.01. The first kappa shape index (κ1) is 16.3. The van der Waals surface area contributed by atoms with Gasteiger partial charge in [-0.3, -0.25) is 4.79 Å². The van der Waals surface area contributed by atoms with Gasteiger partial charge in [-0.15, -0.1) is 12.6 Å². The highest BCUT2D eigenvalue weighted by Crippen LogP contribution is 2.37. The number of halogens is 3. The molecule has 1 unspecified atom stereocenters. The molecule has 2 aromatic rings. The zero-order chi connectivity index (χ0) is 17.8. The molecule has 0 saturated heterocycles. The first-order valence-corrected chi connectivity index (χ1v) is 8.41. The number of nitrogens with zero attached hydrogens (tertiary/aromatic N) is 1. The monoisotopic (exact) mass is 364 g/mol. The lowest BCUT2D eigenvalue weighted by molar-refractivity contribution is -0.137. The summed E-state index contributed by atoms with van der Waals surface area (Å²) in [4.78, 5) is 14.5. The van der Waals surface area contributed by atoms with Crippen LogP contribution in [0.5, 0.6) is 0 Å². The molecule has 0 bridgehead atoms. The quantitative estimate of drug-likeness (QED) is 0.751. The molecule has 0 spiro atoms. The summed E-state index contributed by atoms with van der Waals surface area (Å²) >= 11 is 4.41. The Morgan fingerprint density at radius 2 is 1.72 bits per heavy atom. The molecule has 25 heavy (non-hydrogen) atoms. The van der Waals surface area contributed by atoms with E-state index in [0.29, 0.717) is 0 Å². The molecule has 130 valence electrons. The Morgan fingerprint density at radius 3 is 2.32 bits per heavy atom. The van der Waals surface area contributed by atoms with Crippen molar-refractivity contribution in [3.8, 4) is 0 Å². The Bertz CT molecular complexity index is 827. The topological polar surface area (TPSA) is 32.3 Å². The number of benzene rings is 2. The molecule has 2 aliphatic rings. The fraction of sp³-hybridized carbons (Fsp3) is 0.278. The van der Waals surface area contributed by atoms with Crippen LogP contribution < -0.4 is 5.32 Å². The van der Waals surface area contributed by atoms with Crippen LogP contribution in [-0.2, 0) is 19.0 Å². The lowest BCUT2D eigenvalue weighted by Gasteiger charge is -2.39. The van der Waals surface area contributed by atoms with E-state index in [0.717, 1.165) is 25.0 Å². The number of nitrogens with one attached hydrogen (secondary N) is 1. The number of amides is 1. The summed E-state index contributed by atoms with van der Waals surface area (Å²) in [5, 5.41) is 2.93. The Hall–Kier alpha value is -2.15. The predicted octanol–water partition coefficient (Wildman–Crippen LogP) is 3.95. The maximum absolute atomic E-state index is 12.9. The number of rotatable bonds is 1.